The predicted molar refractivity (Wildman–Crippen MR) is 105 cm³/mol. The molecular weight excluding hydrogens is 322 g/mol. The molecule has 1 unspecified atom stereocenters. The van der Waals surface area contributed by atoms with Gasteiger partial charge in [0.1, 0.15) is 0 Å². The molecule has 1 N–H and O–H groups in total. The molecule has 2 aromatic heterocycles. The maximum atomic E-state index is 9.62. The smallest absolute Gasteiger partial charge is 0.0486 e. The standard InChI is InChI=1S/C22H27N3O/c1-16-3-4-21-19(13-16)20-15-24(2)11-7-22(20)25(21)14-18(8-12-26)17-5-9-23-10-6-17/h3-6,9-10,13,18,26H,7-8,11-12,14-15H2,1-2H3. The summed E-state index contributed by atoms with van der Waals surface area (Å²) in [6.07, 6.45) is 5.55. The molecule has 0 aliphatic carbocycles. The van der Waals surface area contributed by atoms with Gasteiger partial charge < -0.3 is 14.6 Å². The molecule has 0 spiro atoms. The lowest BCUT2D eigenvalue weighted by Crippen LogP contribution is -2.27. The topological polar surface area (TPSA) is 41.3 Å². The van der Waals surface area contributed by atoms with Gasteiger partial charge in [0.25, 0.3) is 0 Å². The van der Waals surface area contributed by atoms with Gasteiger partial charge in [0.05, 0.1) is 0 Å². The molecule has 4 rings (SSSR count). The zero-order valence-electron chi connectivity index (χ0n) is 15.7. The highest BCUT2D eigenvalue weighted by Gasteiger charge is 2.24. The van der Waals surface area contributed by atoms with E-state index in [1.54, 1.807) is 0 Å². The number of aliphatic hydroxyl groups excluding tert-OH is 1. The zero-order valence-corrected chi connectivity index (χ0v) is 15.7. The molecule has 4 heteroatoms. The fourth-order valence-electron chi connectivity index (χ4n) is 4.28. The summed E-state index contributed by atoms with van der Waals surface area (Å²) in [6.45, 7) is 5.39. The van der Waals surface area contributed by atoms with E-state index in [-0.39, 0.29) is 6.61 Å². The minimum atomic E-state index is 0.205. The average molecular weight is 349 g/mol. The van der Waals surface area contributed by atoms with Crippen LogP contribution in [0.3, 0.4) is 0 Å². The molecule has 0 amide bonds. The SMILES string of the molecule is Cc1ccc2c(c1)c1c(n2CC(CCO)c2ccncc2)CCN(C)C1. The molecule has 1 aliphatic heterocycles. The number of aromatic nitrogens is 2. The number of nitrogens with zero attached hydrogens (tertiary/aromatic N) is 3. The van der Waals surface area contributed by atoms with Crippen molar-refractivity contribution in [2.75, 3.05) is 20.2 Å². The van der Waals surface area contributed by atoms with Gasteiger partial charge in [0.2, 0.25) is 0 Å². The number of aliphatic hydroxyl groups is 1. The van der Waals surface area contributed by atoms with Crippen molar-refractivity contribution in [2.24, 2.45) is 0 Å². The van der Waals surface area contributed by atoms with Crippen LogP contribution in [0.25, 0.3) is 10.9 Å². The average Bonchev–Trinajstić information content (AvgIpc) is 2.94. The van der Waals surface area contributed by atoms with E-state index in [1.807, 2.05) is 12.4 Å². The summed E-state index contributed by atoms with van der Waals surface area (Å²) >= 11 is 0. The Bertz CT molecular complexity index is 901. The van der Waals surface area contributed by atoms with Gasteiger partial charge in [0, 0.05) is 67.6 Å². The van der Waals surface area contributed by atoms with Crippen LogP contribution in [0.1, 0.15) is 34.7 Å². The Morgan fingerprint density at radius 2 is 2.00 bits per heavy atom. The predicted octanol–water partition coefficient (Wildman–Crippen LogP) is 3.50. The van der Waals surface area contributed by atoms with Crippen LogP contribution in [0.2, 0.25) is 0 Å². The summed E-state index contributed by atoms with van der Waals surface area (Å²) < 4.78 is 2.51. The molecule has 4 nitrogen and oxygen atoms in total. The fraction of sp³-hybridized carbons (Fsp3) is 0.409. The number of benzene rings is 1. The Labute approximate surface area is 155 Å². The summed E-state index contributed by atoms with van der Waals surface area (Å²) in [5.41, 5.74) is 6.85. The van der Waals surface area contributed by atoms with Crippen LogP contribution in [-0.4, -0.2) is 39.8 Å². The quantitative estimate of drug-likeness (QED) is 0.766. The fourth-order valence-corrected chi connectivity index (χ4v) is 4.28. The maximum absolute atomic E-state index is 9.62. The first-order chi connectivity index (χ1) is 12.7. The Kier molecular flexibility index (Phi) is 4.79. The third kappa shape index (κ3) is 3.15. The Hall–Kier alpha value is -2.17. The normalized spacial score (nSPS) is 16.0. The Morgan fingerprint density at radius 3 is 2.77 bits per heavy atom. The Morgan fingerprint density at radius 1 is 1.19 bits per heavy atom. The molecule has 26 heavy (non-hydrogen) atoms. The van der Waals surface area contributed by atoms with Crippen LogP contribution in [0.15, 0.2) is 42.7 Å². The van der Waals surface area contributed by atoms with Crippen LogP contribution >= 0.6 is 0 Å². The van der Waals surface area contributed by atoms with Crippen molar-refractivity contribution in [1.29, 1.82) is 0 Å². The molecule has 1 atom stereocenters. The van der Waals surface area contributed by atoms with Crippen LogP contribution in [-0.2, 0) is 19.5 Å². The number of aryl methyl sites for hydroxylation is 1. The van der Waals surface area contributed by atoms with E-state index in [0.29, 0.717) is 5.92 Å². The number of pyridine rings is 1. The second-order valence-electron chi connectivity index (χ2n) is 7.53. The van der Waals surface area contributed by atoms with Gasteiger partial charge in [-0.15, -0.1) is 0 Å². The largest absolute Gasteiger partial charge is 0.396 e. The summed E-state index contributed by atoms with van der Waals surface area (Å²) in [6, 6.07) is 11.0. The van der Waals surface area contributed by atoms with Crippen LogP contribution in [0, 0.1) is 6.92 Å². The van der Waals surface area contributed by atoms with Crippen molar-refractivity contribution < 1.29 is 5.11 Å². The van der Waals surface area contributed by atoms with Crippen molar-refractivity contribution in [3.8, 4) is 0 Å². The van der Waals surface area contributed by atoms with E-state index in [4.69, 9.17) is 0 Å². The van der Waals surface area contributed by atoms with Crippen molar-refractivity contribution in [3.05, 3.63) is 65.1 Å². The molecule has 1 aliphatic rings. The minimum Gasteiger partial charge on any atom is -0.396 e. The third-order valence-electron chi connectivity index (χ3n) is 5.66. The first-order valence-electron chi connectivity index (χ1n) is 9.47. The van der Waals surface area contributed by atoms with Crippen LogP contribution < -0.4 is 0 Å². The summed E-state index contributed by atoms with van der Waals surface area (Å²) in [4.78, 5) is 6.55. The molecule has 3 heterocycles. The first-order valence-corrected chi connectivity index (χ1v) is 9.47. The van der Waals surface area contributed by atoms with E-state index >= 15 is 0 Å². The van der Waals surface area contributed by atoms with Gasteiger partial charge >= 0.3 is 0 Å². The molecule has 0 bridgehead atoms. The highest BCUT2D eigenvalue weighted by molar-refractivity contribution is 5.86. The van der Waals surface area contributed by atoms with Gasteiger partial charge in [-0.2, -0.15) is 0 Å². The maximum Gasteiger partial charge on any atom is 0.0486 e. The molecule has 136 valence electrons. The van der Waals surface area contributed by atoms with Crippen molar-refractivity contribution in [2.45, 2.75) is 38.8 Å². The minimum absolute atomic E-state index is 0.205. The third-order valence-corrected chi connectivity index (χ3v) is 5.66. The monoisotopic (exact) mass is 349 g/mol. The molecule has 3 aromatic rings. The van der Waals surface area contributed by atoms with Crippen molar-refractivity contribution in [1.82, 2.24) is 14.5 Å². The lowest BCUT2D eigenvalue weighted by molar-refractivity contribution is 0.268. The number of hydrogen-bond donors (Lipinski definition) is 1. The van der Waals surface area contributed by atoms with Gasteiger partial charge in [-0.1, -0.05) is 11.6 Å². The lowest BCUT2D eigenvalue weighted by Gasteiger charge is -2.26. The highest BCUT2D eigenvalue weighted by atomic mass is 16.3. The molecule has 1 aromatic carbocycles. The van der Waals surface area contributed by atoms with E-state index in [2.05, 4.69) is 58.8 Å². The Balaban J connectivity index is 1.80. The first kappa shape index (κ1) is 17.3. The van der Waals surface area contributed by atoms with Gasteiger partial charge in [-0.25, -0.2) is 0 Å². The van der Waals surface area contributed by atoms with Gasteiger partial charge in [0.15, 0.2) is 0 Å². The van der Waals surface area contributed by atoms with Crippen LogP contribution in [0.4, 0.5) is 0 Å². The number of hydrogen-bond acceptors (Lipinski definition) is 3. The summed E-state index contributed by atoms with van der Waals surface area (Å²) in [7, 11) is 2.20. The van der Waals surface area contributed by atoms with E-state index in [0.717, 1.165) is 32.5 Å². The van der Waals surface area contributed by atoms with Crippen molar-refractivity contribution in [3.63, 3.8) is 0 Å². The zero-order chi connectivity index (χ0) is 18.1. The highest BCUT2D eigenvalue weighted by Crippen LogP contribution is 2.33. The van der Waals surface area contributed by atoms with Crippen LogP contribution in [0.5, 0.6) is 0 Å². The molecule has 0 saturated heterocycles. The second kappa shape index (κ2) is 7.22. The second-order valence-corrected chi connectivity index (χ2v) is 7.53. The number of fused-ring (bicyclic) bond motifs is 3. The number of likely N-dealkylation sites (N-methyl/N-ethyl adjacent to an activating group) is 1. The molecule has 0 radical (unpaired) electrons. The molecule has 0 saturated carbocycles. The number of rotatable bonds is 5. The van der Waals surface area contributed by atoms with Gasteiger partial charge in [-0.3, -0.25) is 4.98 Å². The summed E-state index contributed by atoms with van der Waals surface area (Å²) in [5, 5.41) is 11.0. The van der Waals surface area contributed by atoms with E-state index in [1.165, 1.54) is 33.3 Å². The van der Waals surface area contributed by atoms with Crippen molar-refractivity contribution >= 4 is 10.9 Å². The van der Waals surface area contributed by atoms with E-state index < -0.39 is 0 Å². The molecule has 0 fully saturated rings. The van der Waals surface area contributed by atoms with Gasteiger partial charge in [-0.05, 0) is 55.8 Å². The molecular formula is C22H27N3O. The van der Waals surface area contributed by atoms with E-state index in [9.17, 15) is 5.11 Å². The lowest BCUT2D eigenvalue weighted by atomic mass is 9.96. The summed E-state index contributed by atoms with van der Waals surface area (Å²) in [5.74, 6) is 0.295.